The zero-order valence-electron chi connectivity index (χ0n) is 11.2. The van der Waals surface area contributed by atoms with Crippen LogP contribution in [0.3, 0.4) is 0 Å². The summed E-state index contributed by atoms with van der Waals surface area (Å²) in [5.41, 5.74) is 0.422. The number of carbonyl (C=O) groups is 1. The largest absolute Gasteiger partial charge is 0.371 e. The normalized spacial score (nSPS) is 10.3. The molecule has 0 spiro atoms. The molecular formula is C15H13ClF2N2O. The van der Waals surface area contributed by atoms with E-state index in [2.05, 4.69) is 10.6 Å². The first-order chi connectivity index (χ1) is 9.99. The summed E-state index contributed by atoms with van der Waals surface area (Å²) in [4.78, 5) is 11.8. The molecule has 2 aromatic rings. The van der Waals surface area contributed by atoms with Crippen LogP contribution in [0.4, 0.5) is 20.2 Å². The molecule has 0 aliphatic carbocycles. The lowest BCUT2D eigenvalue weighted by atomic mass is 10.2. The summed E-state index contributed by atoms with van der Waals surface area (Å²) in [5, 5.41) is 5.40. The van der Waals surface area contributed by atoms with E-state index >= 15 is 0 Å². The summed E-state index contributed by atoms with van der Waals surface area (Å²) >= 11 is 5.90. The third-order valence-corrected chi connectivity index (χ3v) is 3.19. The molecule has 2 rings (SSSR count). The van der Waals surface area contributed by atoms with E-state index in [1.807, 2.05) is 0 Å². The molecule has 6 heteroatoms. The van der Waals surface area contributed by atoms with Gasteiger partial charge in [0.1, 0.15) is 11.5 Å². The van der Waals surface area contributed by atoms with Crippen LogP contribution >= 0.6 is 11.6 Å². The predicted molar refractivity (Wildman–Crippen MR) is 79.7 cm³/mol. The number of anilines is 2. The third kappa shape index (κ3) is 3.70. The fourth-order valence-electron chi connectivity index (χ4n) is 1.74. The quantitative estimate of drug-likeness (QED) is 0.897. The van der Waals surface area contributed by atoms with E-state index in [4.69, 9.17) is 11.6 Å². The van der Waals surface area contributed by atoms with E-state index in [9.17, 15) is 13.6 Å². The summed E-state index contributed by atoms with van der Waals surface area (Å²) < 4.78 is 27.3. The fraction of sp³-hybridized carbons (Fsp3) is 0.133. The monoisotopic (exact) mass is 310 g/mol. The summed E-state index contributed by atoms with van der Waals surface area (Å²) in [7, 11) is 0. The highest BCUT2D eigenvalue weighted by Gasteiger charge is 2.12. The van der Waals surface area contributed by atoms with Gasteiger partial charge in [-0.2, -0.15) is 0 Å². The Morgan fingerprint density at radius 3 is 2.62 bits per heavy atom. The van der Waals surface area contributed by atoms with Gasteiger partial charge in [-0.25, -0.2) is 8.78 Å². The minimum atomic E-state index is -0.747. The maximum absolute atomic E-state index is 13.7. The number of benzene rings is 2. The molecule has 21 heavy (non-hydrogen) atoms. The van der Waals surface area contributed by atoms with E-state index in [0.29, 0.717) is 16.3 Å². The third-order valence-electron chi connectivity index (χ3n) is 2.86. The fourth-order valence-corrected chi connectivity index (χ4v) is 1.93. The lowest BCUT2D eigenvalue weighted by molar-refractivity contribution is -0.114. The second-order valence-electron chi connectivity index (χ2n) is 4.43. The van der Waals surface area contributed by atoms with Crippen LogP contribution < -0.4 is 10.6 Å². The number of para-hydroxylation sites is 1. The van der Waals surface area contributed by atoms with Gasteiger partial charge in [0, 0.05) is 0 Å². The van der Waals surface area contributed by atoms with Crippen LogP contribution in [0.5, 0.6) is 0 Å². The maximum atomic E-state index is 13.7. The number of hydrogen-bond donors (Lipinski definition) is 2. The molecule has 0 aromatic heterocycles. The summed E-state index contributed by atoms with van der Waals surface area (Å²) in [6.45, 7) is 1.24. The average molecular weight is 311 g/mol. The van der Waals surface area contributed by atoms with Crippen LogP contribution in [0.25, 0.3) is 0 Å². The van der Waals surface area contributed by atoms with E-state index in [0.717, 1.165) is 6.07 Å². The van der Waals surface area contributed by atoms with Crippen molar-refractivity contribution in [2.75, 3.05) is 17.2 Å². The number of hydrogen-bond acceptors (Lipinski definition) is 2. The number of halogens is 3. The first-order valence-corrected chi connectivity index (χ1v) is 6.59. The molecular weight excluding hydrogens is 298 g/mol. The summed E-state index contributed by atoms with van der Waals surface area (Å²) in [6, 6.07) is 9.19. The van der Waals surface area contributed by atoms with Gasteiger partial charge in [-0.05, 0) is 30.7 Å². The van der Waals surface area contributed by atoms with Crippen molar-refractivity contribution in [1.29, 1.82) is 0 Å². The number of amides is 1. The number of rotatable bonds is 4. The smallest absolute Gasteiger partial charge is 0.243 e. The van der Waals surface area contributed by atoms with Crippen molar-refractivity contribution in [3.8, 4) is 0 Å². The molecule has 3 nitrogen and oxygen atoms in total. The molecule has 2 aromatic carbocycles. The minimum Gasteiger partial charge on any atom is -0.371 e. The standard InChI is InChI=1S/C15H13ClF2N2O/c1-9-6-7-11(17)15(14(9)18)19-8-13(21)20-12-5-3-2-4-10(12)16/h2-7,19H,8H2,1H3,(H,20,21). The molecule has 0 atom stereocenters. The zero-order valence-corrected chi connectivity index (χ0v) is 12.0. The van der Waals surface area contributed by atoms with Gasteiger partial charge >= 0.3 is 0 Å². The van der Waals surface area contributed by atoms with Crippen LogP contribution in [0.1, 0.15) is 5.56 Å². The molecule has 0 saturated carbocycles. The van der Waals surface area contributed by atoms with Crippen molar-refractivity contribution in [2.24, 2.45) is 0 Å². The molecule has 0 unspecified atom stereocenters. The van der Waals surface area contributed by atoms with E-state index in [1.165, 1.54) is 13.0 Å². The first kappa shape index (κ1) is 15.3. The van der Waals surface area contributed by atoms with Crippen molar-refractivity contribution in [3.05, 3.63) is 58.6 Å². The van der Waals surface area contributed by atoms with Crippen molar-refractivity contribution in [3.63, 3.8) is 0 Å². The molecule has 2 N–H and O–H groups in total. The molecule has 110 valence electrons. The van der Waals surface area contributed by atoms with Crippen LogP contribution in [-0.4, -0.2) is 12.5 Å². The average Bonchev–Trinajstić information content (AvgIpc) is 2.45. The van der Waals surface area contributed by atoms with Crippen molar-refractivity contribution >= 4 is 28.9 Å². The van der Waals surface area contributed by atoms with Gasteiger partial charge in [0.25, 0.3) is 0 Å². The van der Waals surface area contributed by atoms with Gasteiger partial charge in [0.2, 0.25) is 5.91 Å². The van der Waals surface area contributed by atoms with E-state index < -0.39 is 17.5 Å². The van der Waals surface area contributed by atoms with Gasteiger partial charge in [-0.15, -0.1) is 0 Å². The molecule has 0 fully saturated rings. The van der Waals surface area contributed by atoms with E-state index in [-0.39, 0.29) is 12.2 Å². The van der Waals surface area contributed by atoms with Gasteiger partial charge in [-0.3, -0.25) is 4.79 Å². The first-order valence-electron chi connectivity index (χ1n) is 6.22. The van der Waals surface area contributed by atoms with Crippen molar-refractivity contribution in [1.82, 2.24) is 0 Å². The summed E-state index contributed by atoms with van der Waals surface area (Å²) in [6.07, 6.45) is 0. The zero-order chi connectivity index (χ0) is 15.4. The van der Waals surface area contributed by atoms with Gasteiger partial charge in [-0.1, -0.05) is 29.8 Å². The second kappa shape index (κ2) is 6.54. The molecule has 0 aliphatic rings. The highest BCUT2D eigenvalue weighted by Crippen LogP contribution is 2.22. The molecule has 0 radical (unpaired) electrons. The topological polar surface area (TPSA) is 41.1 Å². The number of aryl methyl sites for hydroxylation is 1. The molecule has 0 aliphatic heterocycles. The number of nitrogens with one attached hydrogen (secondary N) is 2. The Bertz CT molecular complexity index is 677. The highest BCUT2D eigenvalue weighted by atomic mass is 35.5. The van der Waals surface area contributed by atoms with Crippen LogP contribution in [0.15, 0.2) is 36.4 Å². The number of carbonyl (C=O) groups excluding carboxylic acids is 1. The van der Waals surface area contributed by atoms with Crippen LogP contribution in [-0.2, 0) is 4.79 Å². The minimum absolute atomic E-state index is 0.275. The Balaban J connectivity index is 2.02. The van der Waals surface area contributed by atoms with Gasteiger partial charge < -0.3 is 10.6 Å². The predicted octanol–water partition coefficient (Wildman–Crippen LogP) is 3.98. The molecule has 0 heterocycles. The Kier molecular flexibility index (Phi) is 4.75. The lowest BCUT2D eigenvalue weighted by Crippen LogP contribution is -2.23. The Morgan fingerprint density at radius 1 is 1.19 bits per heavy atom. The highest BCUT2D eigenvalue weighted by molar-refractivity contribution is 6.33. The summed E-state index contributed by atoms with van der Waals surface area (Å²) in [5.74, 6) is -1.91. The van der Waals surface area contributed by atoms with Gasteiger partial charge in [0.05, 0.1) is 17.3 Å². The van der Waals surface area contributed by atoms with E-state index in [1.54, 1.807) is 24.3 Å². The maximum Gasteiger partial charge on any atom is 0.243 e. The SMILES string of the molecule is Cc1ccc(F)c(NCC(=O)Nc2ccccc2Cl)c1F. The Morgan fingerprint density at radius 2 is 1.90 bits per heavy atom. The van der Waals surface area contributed by atoms with Crippen molar-refractivity contribution < 1.29 is 13.6 Å². The second-order valence-corrected chi connectivity index (χ2v) is 4.84. The lowest BCUT2D eigenvalue weighted by Gasteiger charge is -2.11. The Hall–Kier alpha value is -2.14. The Labute approximate surface area is 125 Å². The van der Waals surface area contributed by atoms with Crippen LogP contribution in [0, 0.1) is 18.6 Å². The molecule has 1 amide bonds. The van der Waals surface area contributed by atoms with Crippen molar-refractivity contribution in [2.45, 2.75) is 6.92 Å². The molecule has 0 bridgehead atoms. The van der Waals surface area contributed by atoms with Crippen LogP contribution in [0.2, 0.25) is 5.02 Å². The molecule has 0 saturated heterocycles. The van der Waals surface area contributed by atoms with Gasteiger partial charge in [0.15, 0.2) is 5.82 Å².